The number of hydrogen-bond acceptors (Lipinski definition) is 2. The van der Waals surface area contributed by atoms with Crippen molar-refractivity contribution in [1.29, 1.82) is 0 Å². The quantitative estimate of drug-likeness (QED) is 0.943. The summed E-state index contributed by atoms with van der Waals surface area (Å²) in [5.41, 5.74) is 3.64. The Balaban J connectivity index is 2.49. The van der Waals surface area contributed by atoms with Crippen molar-refractivity contribution in [2.24, 2.45) is 7.05 Å². The first-order chi connectivity index (χ1) is 8.13. The molecule has 17 heavy (non-hydrogen) atoms. The normalized spacial score (nSPS) is 12.7. The maximum atomic E-state index is 4.22. The van der Waals surface area contributed by atoms with E-state index in [9.17, 15) is 0 Å². The highest BCUT2D eigenvalue weighted by Gasteiger charge is 2.17. The zero-order valence-electron chi connectivity index (χ0n) is 10.2. The van der Waals surface area contributed by atoms with Crippen LogP contribution in [0.15, 0.2) is 34.9 Å². The van der Waals surface area contributed by atoms with Gasteiger partial charge >= 0.3 is 0 Å². The summed E-state index contributed by atoms with van der Waals surface area (Å²) in [6, 6.07) is 8.57. The summed E-state index contributed by atoms with van der Waals surface area (Å²) < 4.78 is 3.01. The molecule has 2 rings (SSSR count). The van der Waals surface area contributed by atoms with Gasteiger partial charge in [-0.05, 0) is 31.7 Å². The van der Waals surface area contributed by atoms with Gasteiger partial charge in [0.25, 0.3) is 0 Å². The van der Waals surface area contributed by atoms with Gasteiger partial charge in [-0.15, -0.1) is 0 Å². The first kappa shape index (κ1) is 12.3. The summed E-state index contributed by atoms with van der Waals surface area (Å²) >= 11 is 3.61. The Morgan fingerprint density at radius 2 is 2.12 bits per heavy atom. The highest BCUT2D eigenvalue weighted by atomic mass is 79.9. The molecule has 0 saturated carbocycles. The van der Waals surface area contributed by atoms with Gasteiger partial charge in [0.15, 0.2) is 0 Å². The number of nitrogens with zero attached hydrogens (tertiary/aromatic N) is 2. The maximum absolute atomic E-state index is 4.22. The van der Waals surface area contributed by atoms with E-state index in [4.69, 9.17) is 0 Å². The smallest absolute Gasteiger partial charge is 0.0756 e. The molecule has 0 aliphatic carbocycles. The van der Waals surface area contributed by atoms with E-state index in [0.717, 1.165) is 10.2 Å². The molecule has 4 heteroatoms. The van der Waals surface area contributed by atoms with E-state index >= 15 is 0 Å². The van der Waals surface area contributed by atoms with Crippen molar-refractivity contribution >= 4 is 15.9 Å². The van der Waals surface area contributed by atoms with E-state index in [1.54, 1.807) is 0 Å². The van der Waals surface area contributed by atoms with Gasteiger partial charge in [-0.25, -0.2) is 0 Å². The van der Waals surface area contributed by atoms with Crippen LogP contribution in [0.3, 0.4) is 0 Å². The van der Waals surface area contributed by atoms with Gasteiger partial charge in [0.1, 0.15) is 0 Å². The van der Waals surface area contributed by atoms with E-state index in [2.05, 4.69) is 51.5 Å². The first-order valence-corrected chi connectivity index (χ1v) is 6.34. The second-order valence-corrected chi connectivity index (χ2v) is 4.98. The van der Waals surface area contributed by atoms with E-state index in [-0.39, 0.29) is 6.04 Å². The predicted molar refractivity (Wildman–Crippen MR) is 73.0 cm³/mol. The van der Waals surface area contributed by atoms with Gasteiger partial charge in [0.05, 0.1) is 11.7 Å². The summed E-state index contributed by atoms with van der Waals surface area (Å²) in [4.78, 5) is 0. The summed E-state index contributed by atoms with van der Waals surface area (Å²) in [7, 11) is 3.93. The number of benzene rings is 1. The lowest BCUT2D eigenvalue weighted by atomic mass is 10.0. The number of aromatic nitrogens is 2. The van der Waals surface area contributed by atoms with Gasteiger partial charge < -0.3 is 5.32 Å². The molecule has 1 heterocycles. The highest BCUT2D eigenvalue weighted by Crippen LogP contribution is 2.28. The molecule has 1 atom stereocenters. The predicted octanol–water partition coefficient (Wildman–Crippen LogP) is 2.80. The van der Waals surface area contributed by atoms with Crippen LogP contribution in [-0.4, -0.2) is 16.8 Å². The van der Waals surface area contributed by atoms with Crippen molar-refractivity contribution in [1.82, 2.24) is 15.1 Å². The third-order valence-electron chi connectivity index (χ3n) is 2.91. The Hall–Kier alpha value is -1.13. The van der Waals surface area contributed by atoms with Gasteiger partial charge in [0.2, 0.25) is 0 Å². The van der Waals surface area contributed by atoms with Crippen LogP contribution >= 0.6 is 15.9 Å². The molecule has 0 aliphatic heterocycles. The number of halogens is 1. The Morgan fingerprint density at radius 3 is 2.71 bits per heavy atom. The van der Waals surface area contributed by atoms with Crippen molar-refractivity contribution in [3.8, 4) is 0 Å². The van der Waals surface area contributed by atoms with Crippen LogP contribution in [0.25, 0.3) is 0 Å². The molecule has 1 aromatic heterocycles. The Labute approximate surface area is 110 Å². The summed E-state index contributed by atoms with van der Waals surface area (Å²) in [5, 5.41) is 7.56. The van der Waals surface area contributed by atoms with Gasteiger partial charge in [-0.2, -0.15) is 5.10 Å². The van der Waals surface area contributed by atoms with Crippen LogP contribution in [0, 0.1) is 6.92 Å². The maximum Gasteiger partial charge on any atom is 0.0756 e. The summed E-state index contributed by atoms with van der Waals surface area (Å²) in [6.07, 6.45) is 1.82. The zero-order valence-corrected chi connectivity index (χ0v) is 11.8. The van der Waals surface area contributed by atoms with Crippen molar-refractivity contribution in [2.45, 2.75) is 13.0 Å². The molecule has 1 N–H and O–H groups in total. The van der Waals surface area contributed by atoms with Crippen molar-refractivity contribution in [3.05, 3.63) is 51.8 Å². The molecule has 0 spiro atoms. The zero-order chi connectivity index (χ0) is 12.4. The molecule has 0 fully saturated rings. The Bertz CT molecular complexity index is 519. The molecular weight excluding hydrogens is 278 g/mol. The van der Waals surface area contributed by atoms with Crippen LogP contribution in [0.4, 0.5) is 0 Å². The lowest BCUT2D eigenvalue weighted by Gasteiger charge is -2.19. The molecular formula is C13H16BrN3. The monoisotopic (exact) mass is 293 g/mol. The minimum absolute atomic E-state index is 0.150. The molecule has 1 aromatic carbocycles. The van der Waals surface area contributed by atoms with Crippen LogP contribution in [0.2, 0.25) is 0 Å². The average molecular weight is 294 g/mol. The summed E-state index contributed by atoms with van der Waals surface area (Å²) in [6.45, 7) is 2.10. The lowest BCUT2D eigenvalue weighted by molar-refractivity contribution is 0.604. The topological polar surface area (TPSA) is 29.9 Å². The number of aryl methyl sites for hydroxylation is 2. The molecule has 0 saturated heterocycles. The third kappa shape index (κ3) is 2.42. The fraction of sp³-hybridized carbons (Fsp3) is 0.308. The van der Waals surface area contributed by atoms with Crippen LogP contribution < -0.4 is 5.32 Å². The van der Waals surface area contributed by atoms with Gasteiger partial charge in [-0.3, -0.25) is 4.68 Å². The molecule has 90 valence electrons. The fourth-order valence-corrected chi connectivity index (χ4v) is 2.49. The highest BCUT2D eigenvalue weighted by molar-refractivity contribution is 9.10. The van der Waals surface area contributed by atoms with E-state index in [0.29, 0.717) is 0 Å². The number of rotatable bonds is 3. The molecule has 0 bridgehead atoms. The first-order valence-electron chi connectivity index (χ1n) is 5.54. The third-order valence-corrected chi connectivity index (χ3v) is 3.63. The standard InChI is InChI=1S/C13H16BrN3/c1-9-4-5-11(14)10(8-9)13(15-2)12-6-7-16-17(12)3/h4-8,13,15H,1-3H3. The van der Waals surface area contributed by atoms with Crippen LogP contribution in [0.5, 0.6) is 0 Å². The molecule has 2 aromatic rings. The molecule has 1 unspecified atom stereocenters. The molecule has 0 radical (unpaired) electrons. The van der Waals surface area contributed by atoms with Crippen molar-refractivity contribution in [3.63, 3.8) is 0 Å². The second-order valence-electron chi connectivity index (χ2n) is 4.13. The van der Waals surface area contributed by atoms with E-state index in [1.807, 2.05) is 31.0 Å². The number of hydrogen-bond donors (Lipinski definition) is 1. The van der Waals surface area contributed by atoms with E-state index in [1.165, 1.54) is 11.1 Å². The SMILES string of the molecule is CNC(c1cc(C)ccc1Br)c1ccnn1C. The minimum atomic E-state index is 0.150. The minimum Gasteiger partial charge on any atom is -0.308 e. The van der Waals surface area contributed by atoms with Gasteiger partial charge in [-0.1, -0.05) is 33.6 Å². The van der Waals surface area contributed by atoms with Gasteiger partial charge in [0, 0.05) is 17.7 Å². The average Bonchev–Trinajstić information content (AvgIpc) is 2.71. The van der Waals surface area contributed by atoms with E-state index < -0.39 is 0 Å². The Kier molecular flexibility index (Phi) is 3.64. The number of nitrogens with one attached hydrogen (secondary N) is 1. The van der Waals surface area contributed by atoms with Crippen molar-refractivity contribution < 1.29 is 0 Å². The van der Waals surface area contributed by atoms with Crippen molar-refractivity contribution in [2.75, 3.05) is 7.05 Å². The summed E-state index contributed by atoms with van der Waals surface area (Å²) in [5.74, 6) is 0. The molecule has 3 nitrogen and oxygen atoms in total. The van der Waals surface area contributed by atoms with Crippen LogP contribution in [0.1, 0.15) is 22.9 Å². The molecule has 0 aliphatic rings. The second kappa shape index (κ2) is 5.02. The Morgan fingerprint density at radius 1 is 1.35 bits per heavy atom. The lowest BCUT2D eigenvalue weighted by Crippen LogP contribution is -2.21. The van der Waals surface area contributed by atoms with Crippen LogP contribution in [-0.2, 0) is 7.05 Å². The fourth-order valence-electron chi connectivity index (χ4n) is 2.01. The largest absolute Gasteiger partial charge is 0.308 e. The molecule has 0 amide bonds.